The maximum Gasteiger partial charge on any atom is 0.249 e. The third-order valence-electron chi connectivity index (χ3n) is 2.39. The van der Waals surface area contributed by atoms with Crippen molar-refractivity contribution in [2.75, 3.05) is 0 Å². The first-order chi connectivity index (χ1) is 8.08. The Balaban J connectivity index is 2.48. The Kier molecular flexibility index (Phi) is 3.24. The number of carbonyl (C=O) groups is 1. The molecule has 1 amide bonds. The van der Waals surface area contributed by atoms with E-state index < -0.39 is 5.91 Å². The molecule has 2 nitrogen and oxygen atoms in total. The molecule has 4 heteroatoms. The quantitative estimate of drug-likeness (QED) is 0.906. The van der Waals surface area contributed by atoms with E-state index in [0.717, 1.165) is 11.1 Å². The van der Waals surface area contributed by atoms with Crippen molar-refractivity contribution in [1.29, 1.82) is 0 Å². The van der Waals surface area contributed by atoms with Gasteiger partial charge in [-0.25, -0.2) is 4.39 Å². The molecule has 0 aliphatic rings. The molecule has 0 saturated heterocycles. The van der Waals surface area contributed by atoms with Crippen LogP contribution in [0.1, 0.15) is 10.4 Å². The van der Waals surface area contributed by atoms with Crippen LogP contribution < -0.4 is 5.73 Å². The largest absolute Gasteiger partial charge is 0.366 e. The number of rotatable bonds is 2. The number of hydrogen-bond donors (Lipinski definition) is 1. The number of nitrogens with two attached hydrogens (primary N) is 1. The van der Waals surface area contributed by atoms with Gasteiger partial charge in [-0.15, -0.1) is 0 Å². The molecule has 0 atom stereocenters. The highest BCUT2D eigenvalue weighted by Gasteiger charge is 2.07. The molecule has 2 rings (SSSR count). The summed E-state index contributed by atoms with van der Waals surface area (Å²) in [5, 5.41) is 0. The number of primary amides is 1. The summed E-state index contributed by atoms with van der Waals surface area (Å²) in [5.74, 6) is -0.791. The minimum absolute atomic E-state index is 0.294. The normalized spacial score (nSPS) is 10.2. The smallest absolute Gasteiger partial charge is 0.249 e. The molecule has 0 aliphatic carbocycles. The SMILES string of the molecule is NC(=O)c1ccc(-c2cccc(F)c2)cc1Br. The van der Waals surface area contributed by atoms with E-state index in [1.54, 1.807) is 30.3 Å². The molecule has 86 valence electrons. The van der Waals surface area contributed by atoms with Gasteiger partial charge in [0.1, 0.15) is 5.82 Å². The van der Waals surface area contributed by atoms with Crippen molar-refractivity contribution in [2.24, 2.45) is 5.73 Å². The maximum absolute atomic E-state index is 13.1. The zero-order valence-electron chi connectivity index (χ0n) is 8.78. The summed E-state index contributed by atoms with van der Waals surface area (Å²) in [4.78, 5) is 11.1. The second kappa shape index (κ2) is 4.67. The zero-order chi connectivity index (χ0) is 12.4. The van der Waals surface area contributed by atoms with Crippen molar-refractivity contribution in [2.45, 2.75) is 0 Å². The Labute approximate surface area is 106 Å². The fraction of sp³-hybridized carbons (Fsp3) is 0. The molecule has 0 spiro atoms. The zero-order valence-corrected chi connectivity index (χ0v) is 10.4. The molecule has 0 bridgehead atoms. The van der Waals surface area contributed by atoms with Crippen LogP contribution in [-0.4, -0.2) is 5.91 Å². The molecule has 0 unspecified atom stereocenters. The van der Waals surface area contributed by atoms with Crippen LogP contribution in [0.25, 0.3) is 11.1 Å². The number of benzene rings is 2. The molecule has 0 aromatic heterocycles. The van der Waals surface area contributed by atoms with Crippen molar-refractivity contribution in [1.82, 2.24) is 0 Å². The van der Waals surface area contributed by atoms with Gasteiger partial charge in [0.2, 0.25) is 5.91 Å². The van der Waals surface area contributed by atoms with Crippen molar-refractivity contribution < 1.29 is 9.18 Å². The summed E-state index contributed by atoms with van der Waals surface area (Å²) in [6.07, 6.45) is 0. The Bertz CT molecular complexity index is 583. The van der Waals surface area contributed by atoms with Crippen LogP contribution in [0.3, 0.4) is 0 Å². The molecule has 2 aromatic carbocycles. The van der Waals surface area contributed by atoms with E-state index in [2.05, 4.69) is 15.9 Å². The Hall–Kier alpha value is -1.68. The van der Waals surface area contributed by atoms with E-state index in [-0.39, 0.29) is 5.82 Å². The third-order valence-corrected chi connectivity index (χ3v) is 3.05. The highest BCUT2D eigenvalue weighted by Crippen LogP contribution is 2.26. The minimum Gasteiger partial charge on any atom is -0.366 e. The lowest BCUT2D eigenvalue weighted by Gasteiger charge is -2.05. The minimum atomic E-state index is -0.498. The highest BCUT2D eigenvalue weighted by atomic mass is 79.9. The molecule has 0 aliphatic heterocycles. The van der Waals surface area contributed by atoms with E-state index in [0.29, 0.717) is 10.0 Å². The van der Waals surface area contributed by atoms with Crippen LogP contribution in [-0.2, 0) is 0 Å². The van der Waals surface area contributed by atoms with Gasteiger partial charge in [0.05, 0.1) is 5.56 Å². The summed E-state index contributed by atoms with van der Waals surface area (Å²) in [7, 11) is 0. The van der Waals surface area contributed by atoms with E-state index in [1.165, 1.54) is 12.1 Å². The molecule has 0 saturated carbocycles. The first-order valence-electron chi connectivity index (χ1n) is 4.93. The summed E-state index contributed by atoms with van der Waals surface area (Å²) >= 11 is 3.27. The topological polar surface area (TPSA) is 43.1 Å². The summed E-state index contributed by atoms with van der Waals surface area (Å²) in [5.41, 5.74) is 7.18. The number of hydrogen-bond acceptors (Lipinski definition) is 1. The fourth-order valence-electron chi connectivity index (χ4n) is 1.56. The second-order valence-electron chi connectivity index (χ2n) is 3.57. The summed E-state index contributed by atoms with van der Waals surface area (Å²) in [6, 6.07) is 11.4. The molecule has 17 heavy (non-hydrogen) atoms. The molecular formula is C13H9BrFNO. The fourth-order valence-corrected chi connectivity index (χ4v) is 2.14. The van der Waals surface area contributed by atoms with Gasteiger partial charge in [-0.05, 0) is 51.3 Å². The van der Waals surface area contributed by atoms with E-state index in [9.17, 15) is 9.18 Å². The molecule has 2 aromatic rings. The van der Waals surface area contributed by atoms with Gasteiger partial charge >= 0.3 is 0 Å². The average Bonchev–Trinajstić information content (AvgIpc) is 2.28. The predicted octanol–water partition coefficient (Wildman–Crippen LogP) is 3.35. The first kappa shape index (κ1) is 11.8. The van der Waals surface area contributed by atoms with Gasteiger partial charge in [0.25, 0.3) is 0 Å². The maximum atomic E-state index is 13.1. The number of carbonyl (C=O) groups excluding carboxylic acids is 1. The van der Waals surface area contributed by atoms with E-state index in [1.807, 2.05) is 0 Å². The number of halogens is 2. The van der Waals surface area contributed by atoms with Gasteiger partial charge in [-0.3, -0.25) is 4.79 Å². The highest BCUT2D eigenvalue weighted by molar-refractivity contribution is 9.10. The summed E-state index contributed by atoms with van der Waals surface area (Å²) < 4.78 is 13.7. The first-order valence-corrected chi connectivity index (χ1v) is 5.72. The number of amides is 1. The van der Waals surface area contributed by atoms with Crippen LogP contribution in [0, 0.1) is 5.82 Å². The van der Waals surface area contributed by atoms with Gasteiger partial charge in [0.15, 0.2) is 0 Å². The Morgan fingerprint density at radius 3 is 2.41 bits per heavy atom. The van der Waals surface area contributed by atoms with Gasteiger partial charge in [-0.2, -0.15) is 0 Å². The lowest BCUT2D eigenvalue weighted by atomic mass is 10.0. The van der Waals surface area contributed by atoms with E-state index >= 15 is 0 Å². The van der Waals surface area contributed by atoms with Crippen molar-refractivity contribution in [3.63, 3.8) is 0 Å². The van der Waals surface area contributed by atoms with Gasteiger partial charge in [-0.1, -0.05) is 18.2 Å². The van der Waals surface area contributed by atoms with E-state index in [4.69, 9.17) is 5.73 Å². The average molecular weight is 294 g/mol. The second-order valence-corrected chi connectivity index (χ2v) is 4.42. The van der Waals surface area contributed by atoms with Crippen LogP contribution in [0.5, 0.6) is 0 Å². The third kappa shape index (κ3) is 2.53. The molecule has 0 heterocycles. The standard InChI is InChI=1S/C13H9BrFNO/c14-12-7-9(4-5-11(12)13(16)17)8-2-1-3-10(15)6-8/h1-7H,(H2,16,17). The van der Waals surface area contributed by atoms with Crippen LogP contribution in [0.4, 0.5) is 4.39 Å². The van der Waals surface area contributed by atoms with Crippen molar-refractivity contribution >= 4 is 21.8 Å². The molecule has 2 N–H and O–H groups in total. The Morgan fingerprint density at radius 2 is 1.82 bits per heavy atom. The van der Waals surface area contributed by atoms with Crippen molar-refractivity contribution in [3.05, 3.63) is 58.3 Å². The van der Waals surface area contributed by atoms with Gasteiger partial charge < -0.3 is 5.73 Å². The predicted molar refractivity (Wildman–Crippen MR) is 68.1 cm³/mol. The van der Waals surface area contributed by atoms with Crippen LogP contribution in [0.2, 0.25) is 0 Å². The molecule has 0 fully saturated rings. The summed E-state index contributed by atoms with van der Waals surface area (Å²) in [6.45, 7) is 0. The van der Waals surface area contributed by atoms with Crippen LogP contribution >= 0.6 is 15.9 Å². The molecular weight excluding hydrogens is 285 g/mol. The Morgan fingerprint density at radius 1 is 1.12 bits per heavy atom. The lowest BCUT2D eigenvalue weighted by Crippen LogP contribution is -2.11. The lowest BCUT2D eigenvalue weighted by molar-refractivity contribution is 0.0999. The van der Waals surface area contributed by atoms with Crippen molar-refractivity contribution in [3.8, 4) is 11.1 Å². The van der Waals surface area contributed by atoms with Gasteiger partial charge in [0, 0.05) is 4.47 Å². The molecule has 0 radical (unpaired) electrons. The monoisotopic (exact) mass is 293 g/mol. The van der Waals surface area contributed by atoms with Crippen LogP contribution in [0.15, 0.2) is 46.9 Å².